The largest absolute Gasteiger partial charge is 0.309 e. The highest BCUT2D eigenvalue weighted by atomic mass is 15.1. The monoisotopic (exact) mass is 218 g/mol. The Morgan fingerprint density at radius 3 is 2.94 bits per heavy atom. The summed E-state index contributed by atoms with van der Waals surface area (Å²) in [6.07, 6.45) is 2.64. The number of aryl methyl sites for hydroxylation is 1. The fraction of sp³-hybridized carbons (Fsp3) is 0.571. The number of piperidine rings is 1. The third-order valence-corrected chi connectivity index (χ3v) is 3.47. The van der Waals surface area contributed by atoms with E-state index in [2.05, 4.69) is 48.5 Å². The molecule has 0 aliphatic carbocycles. The van der Waals surface area contributed by atoms with Gasteiger partial charge in [0.05, 0.1) is 0 Å². The lowest BCUT2D eigenvalue weighted by Gasteiger charge is -2.30. The fourth-order valence-corrected chi connectivity index (χ4v) is 2.40. The first-order valence-corrected chi connectivity index (χ1v) is 6.22. The molecule has 0 saturated carbocycles. The van der Waals surface area contributed by atoms with E-state index in [1.54, 1.807) is 0 Å². The highest BCUT2D eigenvalue weighted by Gasteiger charge is 2.16. The van der Waals surface area contributed by atoms with E-state index in [0.29, 0.717) is 6.04 Å². The summed E-state index contributed by atoms with van der Waals surface area (Å²) in [7, 11) is 2.21. The Kier molecular flexibility index (Phi) is 3.97. The molecule has 1 heterocycles. The topological polar surface area (TPSA) is 15.3 Å². The smallest absolute Gasteiger partial charge is 0.0211 e. The molecule has 1 atom stereocenters. The Hall–Kier alpha value is -0.860. The molecule has 0 aromatic heterocycles. The molecule has 1 aliphatic heterocycles. The van der Waals surface area contributed by atoms with Crippen molar-refractivity contribution in [2.45, 2.75) is 32.4 Å². The van der Waals surface area contributed by atoms with Crippen molar-refractivity contribution in [1.82, 2.24) is 10.2 Å². The molecule has 1 aromatic rings. The molecular formula is C14H22N2. The number of benzene rings is 1. The van der Waals surface area contributed by atoms with Gasteiger partial charge < -0.3 is 10.2 Å². The maximum absolute atomic E-state index is 3.67. The van der Waals surface area contributed by atoms with Gasteiger partial charge in [0.2, 0.25) is 0 Å². The van der Waals surface area contributed by atoms with Gasteiger partial charge in [-0.15, -0.1) is 0 Å². The maximum atomic E-state index is 3.67. The molecule has 0 bridgehead atoms. The van der Waals surface area contributed by atoms with Crippen molar-refractivity contribution in [2.24, 2.45) is 0 Å². The minimum atomic E-state index is 0.665. The quantitative estimate of drug-likeness (QED) is 0.836. The lowest BCUT2D eigenvalue weighted by atomic mass is 10.0. The van der Waals surface area contributed by atoms with Crippen LogP contribution < -0.4 is 5.32 Å². The van der Waals surface area contributed by atoms with Crippen LogP contribution in [0.25, 0.3) is 0 Å². The van der Waals surface area contributed by atoms with Gasteiger partial charge in [-0.2, -0.15) is 0 Å². The molecule has 1 saturated heterocycles. The molecule has 2 nitrogen and oxygen atoms in total. The van der Waals surface area contributed by atoms with E-state index < -0.39 is 0 Å². The number of hydrogen-bond donors (Lipinski definition) is 1. The molecule has 2 rings (SSSR count). The predicted octanol–water partition coefficient (Wildman–Crippen LogP) is 2.18. The fourth-order valence-electron chi connectivity index (χ4n) is 2.40. The van der Waals surface area contributed by atoms with E-state index >= 15 is 0 Å². The third kappa shape index (κ3) is 3.06. The molecule has 1 aliphatic rings. The highest BCUT2D eigenvalue weighted by molar-refractivity contribution is 5.25. The van der Waals surface area contributed by atoms with Crippen LogP contribution in [0.2, 0.25) is 0 Å². The van der Waals surface area contributed by atoms with Crippen molar-refractivity contribution in [3.63, 3.8) is 0 Å². The molecule has 88 valence electrons. The molecule has 1 fully saturated rings. The van der Waals surface area contributed by atoms with E-state index in [1.807, 2.05) is 0 Å². The Morgan fingerprint density at radius 1 is 1.38 bits per heavy atom. The minimum Gasteiger partial charge on any atom is -0.309 e. The molecular weight excluding hydrogens is 196 g/mol. The summed E-state index contributed by atoms with van der Waals surface area (Å²) in [4.78, 5) is 2.42. The zero-order chi connectivity index (χ0) is 11.4. The van der Waals surface area contributed by atoms with Gasteiger partial charge in [0.1, 0.15) is 0 Å². The zero-order valence-corrected chi connectivity index (χ0v) is 10.4. The summed E-state index contributed by atoms with van der Waals surface area (Å²) in [5.41, 5.74) is 2.81. The zero-order valence-electron chi connectivity index (χ0n) is 10.4. The summed E-state index contributed by atoms with van der Waals surface area (Å²) < 4.78 is 0. The van der Waals surface area contributed by atoms with Gasteiger partial charge in [-0.25, -0.2) is 0 Å². The number of likely N-dealkylation sites (tertiary alicyclic amines) is 1. The first-order chi connectivity index (χ1) is 7.75. The van der Waals surface area contributed by atoms with Gasteiger partial charge >= 0.3 is 0 Å². The number of nitrogens with one attached hydrogen (secondary N) is 1. The summed E-state index contributed by atoms with van der Waals surface area (Å²) >= 11 is 0. The van der Waals surface area contributed by atoms with Crippen LogP contribution in [-0.2, 0) is 6.54 Å². The summed E-state index contributed by atoms with van der Waals surface area (Å²) in [6.45, 7) is 5.63. The van der Waals surface area contributed by atoms with Crippen molar-refractivity contribution in [1.29, 1.82) is 0 Å². The minimum absolute atomic E-state index is 0.665. The van der Waals surface area contributed by atoms with Crippen LogP contribution in [0.3, 0.4) is 0 Å². The van der Waals surface area contributed by atoms with Crippen LogP contribution in [0.4, 0.5) is 0 Å². The average molecular weight is 218 g/mol. The van der Waals surface area contributed by atoms with Crippen LogP contribution in [-0.4, -0.2) is 31.1 Å². The summed E-state index contributed by atoms with van der Waals surface area (Å²) in [6, 6.07) is 9.29. The molecule has 1 unspecified atom stereocenters. The van der Waals surface area contributed by atoms with Gasteiger partial charge in [0.25, 0.3) is 0 Å². The highest BCUT2D eigenvalue weighted by Crippen LogP contribution is 2.11. The van der Waals surface area contributed by atoms with Crippen molar-refractivity contribution < 1.29 is 0 Å². The van der Waals surface area contributed by atoms with Gasteiger partial charge in [-0.05, 0) is 44.5 Å². The second-order valence-electron chi connectivity index (χ2n) is 4.91. The molecule has 2 heteroatoms. The number of rotatable bonds is 3. The summed E-state index contributed by atoms with van der Waals surface area (Å²) in [5, 5.41) is 3.67. The summed E-state index contributed by atoms with van der Waals surface area (Å²) in [5.74, 6) is 0. The van der Waals surface area contributed by atoms with Crippen LogP contribution in [0.1, 0.15) is 24.0 Å². The van der Waals surface area contributed by atoms with Crippen molar-refractivity contribution in [3.8, 4) is 0 Å². The van der Waals surface area contributed by atoms with Gasteiger partial charge in [0.15, 0.2) is 0 Å². The third-order valence-electron chi connectivity index (χ3n) is 3.47. The van der Waals surface area contributed by atoms with Crippen LogP contribution in [0, 0.1) is 6.92 Å². The van der Waals surface area contributed by atoms with E-state index in [9.17, 15) is 0 Å². The van der Waals surface area contributed by atoms with Crippen molar-refractivity contribution in [2.75, 3.05) is 20.1 Å². The van der Waals surface area contributed by atoms with E-state index in [1.165, 1.54) is 37.1 Å². The van der Waals surface area contributed by atoms with Crippen LogP contribution in [0.15, 0.2) is 24.3 Å². The lowest BCUT2D eigenvalue weighted by molar-refractivity contribution is 0.226. The van der Waals surface area contributed by atoms with Crippen molar-refractivity contribution >= 4 is 0 Å². The average Bonchev–Trinajstić information content (AvgIpc) is 2.28. The van der Waals surface area contributed by atoms with E-state index in [4.69, 9.17) is 0 Å². The predicted molar refractivity (Wildman–Crippen MR) is 68.5 cm³/mol. The normalized spacial score (nSPS) is 22.2. The van der Waals surface area contributed by atoms with Gasteiger partial charge in [-0.1, -0.05) is 24.3 Å². The van der Waals surface area contributed by atoms with E-state index in [-0.39, 0.29) is 0 Å². The second-order valence-corrected chi connectivity index (χ2v) is 4.91. The molecule has 1 N–H and O–H groups in total. The Bertz CT molecular complexity index is 335. The second kappa shape index (κ2) is 5.46. The molecule has 16 heavy (non-hydrogen) atoms. The van der Waals surface area contributed by atoms with E-state index in [0.717, 1.165) is 6.54 Å². The molecule has 0 amide bonds. The Morgan fingerprint density at radius 2 is 2.19 bits per heavy atom. The van der Waals surface area contributed by atoms with Gasteiger partial charge in [0, 0.05) is 19.1 Å². The Labute approximate surface area is 98.7 Å². The molecule has 0 radical (unpaired) electrons. The number of hydrogen-bond acceptors (Lipinski definition) is 2. The van der Waals surface area contributed by atoms with Crippen LogP contribution >= 0.6 is 0 Å². The maximum Gasteiger partial charge on any atom is 0.0211 e. The van der Waals surface area contributed by atoms with Gasteiger partial charge in [-0.3, -0.25) is 0 Å². The van der Waals surface area contributed by atoms with Crippen LogP contribution in [0.5, 0.6) is 0 Å². The standard InChI is InChI=1S/C14H22N2/c1-12-6-3-4-7-13(12)10-15-14-8-5-9-16(2)11-14/h3-4,6-7,14-15H,5,8-11H2,1-2H3. The first kappa shape index (κ1) is 11.6. The number of nitrogens with zero attached hydrogens (tertiary/aromatic N) is 1. The molecule has 1 aromatic carbocycles. The SMILES string of the molecule is Cc1ccccc1CNC1CCCN(C)C1. The molecule has 0 spiro atoms. The van der Waals surface area contributed by atoms with Crippen molar-refractivity contribution in [3.05, 3.63) is 35.4 Å². The lowest BCUT2D eigenvalue weighted by Crippen LogP contribution is -2.43. The Balaban J connectivity index is 1.85. The number of likely N-dealkylation sites (N-methyl/N-ethyl adjacent to an activating group) is 1. The first-order valence-electron chi connectivity index (χ1n) is 6.22.